The number of aliphatic hydroxyl groups excluding tert-OH is 2. The van der Waals surface area contributed by atoms with E-state index in [4.69, 9.17) is 4.74 Å². The third kappa shape index (κ3) is 7.73. The number of phenols is 1. The van der Waals surface area contributed by atoms with Crippen LogP contribution < -0.4 is 0 Å². The summed E-state index contributed by atoms with van der Waals surface area (Å²) in [7, 11) is 0. The van der Waals surface area contributed by atoms with Crippen LogP contribution in [0.5, 0.6) is 5.75 Å². The van der Waals surface area contributed by atoms with E-state index in [1.807, 2.05) is 49.4 Å². The van der Waals surface area contributed by atoms with Crippen LogP contribution in [0.4, 0.5) is 0 Å². The Morgan fingerprint density at radius 1 is 1.13 bits per heavy atom. The first-order valence-corrected chi connectivity index (χ1v) is 11.0. The van der Waals surface area contributed by atoms with Crippen LogP contribution >= 0.6 is 15.9 Å². The molecule has 0 aliphatic carbocycles. The predicted octanol–water partition coefficient (Wildman–Crippen LogP) is 5.47. The lowest BCUT2D eigenvalue weighted by molar-refractivity contribution is -0.0273. The molecule has 0 saturated heterocycles. The van der Waals surface area contributed by atoms with Crippen molar-refractivity contribution in [3.63, 3.8) is 0 Å². The zero-order valence-corrected chi connectivity index (χ0v) is 19.0. The molecule has 162 valence electrons. The summed E-state index contributed by atoms with van der Waals surface area (Å²) < 4.78 is 6.51. The smallest absolute Gasteiger partial charge is 0.122 e. The van der Waals surface area contributed by atoms with E-state index in [1.54, 1.807) is 18.2 Å². The standard InChI is InChI=1S/C25H31BrO4/c1-3-18(14-20-15-21(26)11-13-23(20)27)10-12-24(28)22(4-2)25(29)17-30-16-19-8-6-5-7-9-19/h4-9,11,13-15,22,24-25,27-29H,2-3,10,12,16-17H2,1H3/b18-14+/t22-,24-,25-/m1/s1. The zero-order chi connectivity index (χ0) is 21.9. The summed E-state index contributed by atoms with van der Waals surface area (Å²) in [6.45, 7) is 6.37. The highest BCUT2D eigenvalue weighted by Crippen LogP contribution is 2.27. The lowest BCUT2D eigenvalue weighted by atomic mass is 9.91. The molecule has 0 aliphatic rings. The van der Waals surface area contributed by atoms with E-state index >= 15 is 0 Å². The minimum atomic E-state index is -0.829. The summed E-state index contributed by atoms with van der Waals surface area (Å²) in [6, 6.07) is 15.1. The second-order valence-electron chi connectivity index (χ2n) is 7.35. The lowest BCUT2D eigenvalue weighted by Gasteiger charge is -2.25. The number of halogens is 1. The minimum absolute atomic E-state index is 0.130. The van der Waals surface area contributed by atoms with E-state index in [0.717, 1.165) is 27.6 Å². The van der Waals surface area contributed by atoms with Crippen LogP contribution in [0, 0.1) is 5.92 Å². The highest BCUT2D eigenvalue weighted by Gasteiger charge is 2.24. The molecule has 0 aliphatic heterocycles. The number of aliphatic hydroxyl groups is 2. The summed E-state index contributed by atoms with van der Waals surface area (Å²) in [6.07, 6.45) is 3.94. The van der Waals surface area contributed by atoms with Gasteiger partial charge in [0.2, 0.25) is 0 Å². The fourth-order valence-electron chi connectivity index (χ4n) is 3.29. The van der Waals surface area contributed by atoms with E-state index in [2.05, 4.69) is 22.5 Å². The second kappa shape index (κ2) is 12.7. The van der Waals surface area contributed by atoms with Crippen LogP contribution in [0.1, 0.15) is 37.3 Å². The highest BCUT2D eigenvalue weighted by atomic mass is 79.9. The van der Waals surface area contributed by atoms with Crippen molar-refractivity contribution in [1.29, 1.82) is 0 Å². The van der Waals surface area contributed by atoms with Gasteiger partial charge in [-0.05, 0) is 43.0 Å². The number of ether oxygens (including phenoxy) is 1. The molecule has 0 saturated carbocycles. The first kappa shape index (κ1) is 24.4. The Morgan fingerprint density at radius 3 is 2.53 bits per heavy atom. The van der Waals surface area contributed by atoms with Crippen molar-refractivity contribution in [1.82, 2.24) is 0 Å². The molecule has 5 heteroatoms. The molecule has 3 N–H and O–H groups in total. The topological polar surface area (TPSA) is 69.9 Å². The summed E-state index contributed by atoms with van der Waals surface area (Å²) in [5, 5.41) is 31.2. The first-order chi connectivity index (χ1) is 14.4. The van der Waals surface area contributed by atoms with Crippen molar-refractivity contribution in [3.05, 3.63) is 82.4 Å². The van der Waals surface area contributed by atoms with Crippen molar-refractivity contribution in [2.75, 3.05) is 6.61 Å². The van der Waals surface area contributed by atoms with Gasteiger partial charge in [0.25, 0.3) is 0 Å². The molecule has 0 heterocycles. The Kier molecular flexibility index (Phi) is 10.3. The maximum absolute atomic E-state index is 10.6. The molecule has 0 bridgehead atoms. The molecule has 2 rings (SSSR count). The number of hydrogen-bond acceptors (Lipinski definition) is 4. The van der Waals surface area contributed by atoms with Crippen molar-refractivity contribution < 1.29 is 20.1 Å². The van der Waals surface area contributed by atoms with Gasteiger partial charge in [-0.3, -0.25) is 0 Å². The third-order valence-corrected chi connectivity index (χ3v) is 5.62. The maximum Gasteiger partial charge on any atom is 0.122 e. The molecule has 0 amide bonds. The molecular weight excluding hydrogens is 444 g/mol. The Morgan fingerprint density at radius 2 is 1.87 bits per heavy atom. The first-order valence-electron chi connectivity index (χ1n) is 10.2. The van der Waals surface area contributed by atoms with E-state index in [0.29, 0.717) is 19.4 Å². The molecule has 2 aromatic carbocycles. The quantitative estimate of drug-likeness (QED) is 0.356. The predicted molar refractivity (Wildman–Crippen MR) is 125 cm³/mol. The van der Waals surface area contributed by atoms with Gasteiger partial charge >= 0.3 is 0 Å². The van der Waals surface area contributed by atoms with Gasteiger partial charge in [-0.1, -0.05) is 70.9 Å². The van der Waals surface area contributed by atoms with Gasteiger partial charge in [0.15, 0.2) is 0 Å². The van der Waals surface area contributed by atoms with Crippen LogP contribution in [0.2, 0.25) is 0 Å². The Bertz CT molecular complexity index is 819. The molecular formula is C25H31BrO4. The summed E-state index contributed by atoms with van der Waals surface area (Å²) in [5.41, 5.74) is 2.89. The minimum Gasteiger partial charge on any atom is -0.507 e. The number of aromatic hydroxyl groups is 1. The molecule has 0 spiro atoms. The van der Waals surface area contributed by atoms with Gasteiger partial charge in [-0.25, -0.2) is 0 Å². The zero-order valence-electron chi connectivity index (χ0n) is 17.4. The number of benzene rings is 2. The fourth-order valence-corrected chi connectivity index (χ4v) is 3.67. The average Bonchev–Trinajstić information content (AvgIpc) is 2.74. The third-order valence-electron chi connectivity index (χ3n) is 5.13. The van der Waals surface area contributed by atoms with Crippen molar-refractivity contribution in [2.24, 2.45) is 5.92 Å². The summed E-state index contributed by atoms with van der Waals surface area (Å²) >= 11 is 3.42. The van der Waals surface area contributed by atoms with Crippen LogP contribution in [-0.2, 0) is 11.3 Å². The van der Waals surface area contributed by atoms with Gasteiger partial charge in [0.05, 0.1) is 25.4 Å². The Labute approximate surface area is 187 Å². The number of rotatable bonds is 12. The van der Waals surface area contributed by atoms with Crippen LogP contribution in [0.3, 0.4) is 0 Å². The van der Waals surface area contributed by atoms with E-state index in [1.165, 1.54) is 0 Å². The maximum atomic E-state index is 10.6. The summed E-state index contributed by atoms with van der Waals surface area (Å²) in [5.74, 6) is -0.252. The summed E-state index contributed by atoms with van der Waals surface area (Å²) in [4.78, 5) is 0. The van der Waals surface area contributed by atoms with Gasteiger partial charge in [-0.15, -0.1) is 6.58 Å². The van der Waals surface area contributed by atoms with E-state index in [-0.39, 0.29) is 12.4 Å². The monoisotopic (exact) mass is 474 g/mol. The average molecular weight is 475 g/mol. The van der Waals surface area contributed by atoms with Gasteiger partial charge in [-0.2, -0.15) is 0 Å². The van der Waals surface area contributed by atoms with Gasteiger partial charge < -0.3 is 20.1 Å². The Balaban J connectivity index is 1.89. The number of hydrogen-bond donors (Lipinski definition) is 3. The molecule has 30 heavy (non-hydrogen) atoms. The molecule has 0 radical (unpaired) electrons. The lowest BCUT2D eigenvalue weighted by Crippen LogP contribution is -2.33. The number of phenolic OH excluding ortho intramolecular Hbond substituents is 1. The van der Waals surface area contributed by atoms with Crippen molar-refractivity contribution >= 4 is 22.0 Å². The molecule has 4 nitrogen and oxygen atoms in total. The largest absolute Gasteiger partial charge is 0.507 e. The molecule has 2 aromatic rings. The van der Waals surface area contributed by atoms with Crippen molar-refractivity contribution in [2.45, 2.75) is 45.0 Å². The van der Waals surface area contributed by atoms with Crippen LogP contribution in [0.25, 0.3) is 6.08 Å². The van der Waals surface area contributed by atoms with E-state index in [9.17, 15) is 15.3 Å². The van der Waals surface area contributed by atoms with Crippen LogP contribution in [0.15, 0.2) is 71.2 Å². The Hall–Kier alpha value is -1.92. The molecule has 0 unspecified atom stereocenters. The van der Waals surface area contributed by atoms with Crippen LogP contribution in [-0.4, -0.2) is 34.1 Å². The normalized spacial score (nSPS) is 14.9. The fraction of sp³-hybridized carbons (Fsp3) is 0.360. The molecule has 0 fully saturated rings. The molecule has 0 aromatic heterocycles. The van der Waals surface area contributed by atoms with Gasteiger partial charge in [0.1, 0.15) is 5.75 Å². The molecule has 3 atom stereocenters. The van der Waals surface area contributed by atoms with Gasteiger partial charge in [0, 0.05) is 16.0 Å². The number of allylic oxidation sites excluding steroid dienone is 1. The second-order valence-corrected chi connectivity index (χ2v) is 8.26. The SMILES string of the molecule is C=C[C@H]([C@H](O)CC/C(=C/c1cc(Br)ccc1O)CC)[C@H](O)COCc1ccccc1. The van der Waals surface area contributed by atoms with E-state index < -0.39 is 18.1 Å². The highest BCUT2D eigenvalue weighted by molar-refractivity contribution is 9.10. The van der Waals surface area contributed by atoms with Crippen molar-refractivity contribution in [3.8, 4) is 5.75 Å².